The average Bonchev–Trinajstić information content (AvgIpc) is 2.17. The number of halogens is 1. The summed E-state index contributed by atoms with van der Waals surface area (Å²) in [4.78, 5) is 19.3. The molecule has 0 saturated heterocycles. The molecular formula is C9H12BrN3O2. The van der Waals surface area contributed by atoms with Crippen molar-refractivity contribution >= 4 is 21.8 Å². The van der Waals surface area contributed by atoms with Gasteiger partial charge in [0.2, 0.25) is 0 Å². The molecule has 1 aromatic heterocycles. The SMILES string of the molecule is CC(C)(CO)NC(=O)c1ncncc1Br. The lowest BCUT2D eigenvalue weighted by molar-refractivity contribution is 0.0863. The van der Waals surface area contributed by atoms with Crippen molar-refractivity contribution in [3.63, 3.8) is 0 Å². The molecular weight excluding hydrogens is 262 g/mol. The van der Waals surface area contributed by atoms with Crippen molar-refractivity contribution in [2.75, 3.05) is 6.61 Å². The maximum Gasteiger partial charge on any atom is 0.271 e. The highest BCUT2D eigenvalue weighted by molar-refractivity contribution is 9.10. The Bertz CT molecular complexity index is 368. The Kier molecular flexibility index (Phi) is 3.76. The van der Waals surface area contributed by atoms with E-state index in [1.165, 1.54) is 12.5 Å². The van der Waals surface area contributed by atoms with Crippen LogP contribution in [0.15, 0.2) is 17.0 Å². The van der Waals surface area contributed by atoms with Crippen molar-refractivity contribution in [1.29, 1.82) is 0 Å². The number of aromatic nitrogens is 2. The fraction of sp³-hybridized carbons (Fsp3) is 0.444. The van der Waals surface area contributed by atoms with E-state index in [-0.39, 0.29) is 18.2 Å². The van der Waals surface area contributed by atoms with Crippen LogP contribution in [0.1, 0.15) is 24.3 Å². The standard InChI is InChI=1S/C9H12BrN3O2/c1-9(2,4-14)13-8(15)7-6(10)3-11-5-12-7/h3,5,14H,4H2,1-2H3,(H,13,15). The van der Waals surface area contributed by atoms with Crippen LogP contribution in [-0.2, 0) is 0 Å². The van der Waals surface area contributed by atoms with Crippen molar-refractivity contribution in [2.45, 2.75) is 19.4 Å². The number of aliphatic hydroxyl groups is 1. The van der Waals surface area contributed by atoms with Crippen LogP contribution in [0.4, 0.5) is 0 Å². The molecule has 0 aliphatic heterocycles. The minimum atomic E-state index is -0.665. The summed E-state index contributed by atoms with van der Waals surface area (Å²) in [5.74, 6) is -0.344. The maximum absolute atomic E-state index is 11.7. The highest BCUT2D eigenvalue weighted by Crippen LogP contribution is 2.12. The first kappa shape index (κ1) is 12.1. The highest BCUT2D eigenvalue weighted by Gasteiger charge is 2.21. The molecule has 1 heterocycles. The normalized spacial score (nSPS) is 11.2. The molecule has 0 spiro atoms. The van der Waals surface area contributed by atoms with Gasteiger partial charge in [-0.1, -0.05) is 0 Å². The molecule has 6 heteroatoms. The van der Waals surface area contributed by atoms with Gasteiger partial charge in [-0.3, -0.25) is 4.79 Å². The molecule has 1 rings (SSSR count). The quantitative estimate of drug-likeness (QED) is 0.852. The number of nitrogens with zero attached hydrogens (tertiary/aromatic N) is 2. The van der Waals surface area contributed by atoms with E-state index in [1.54, 1.807) is 13.8 Å². The Hall–Kier alpha value is -1.01. The molecule has 0 fully saturated rings. The lowest BCUT2D eigenvalue weighted by atomic mass is 10.1. The number of rotatable bonds is 3. The van der Waals surface area contributed by atoms with Gasteiger partial charge >= 0.3 is 0 Å². The van der Waals surface area contributed by atoms with Crippen LogP contribution >= 0.6 is 15.9 Å². The zero-order chi connectivity index (χ0) is 11.5. The Morgan fingerprint density at radius 2 is 2.33 bits per heavy atom. The van der Waals surface area contributed by atoms with Gasteiger partial charge in [0.1, 0.15) is 12.0 Å². The lowest BCUT2D eigenvalue weighted by Gasteiger charge is -2.23. The smallest absolute Gasteiger partial charge is 0.271 e. The van der Waals surface area contributed by atoms with Gasteiger partial charge in [-0.05, 0) is 29.8 Å². The largest absolute Gasteiger partial charge is 0.394 e. The number of carbonyl (C=O) groups is 1. The molecule has 0 atom stereocenters. The summed E-state index contributed by atoms with van der Waals surface area (Å²) in [6, 6.07) is 0. The molecule has 0 saturated carbocycles. The monoisotopic (exact) mass is 273 g/mol. The minimum absolute atomic E-state index is 0.137. The summed E-state index contributed by atoms with van der Waals surface area (Å²) in [5.41, 5.74) is -0.409. The molecule has 0 bridgehead atoms. The first-order valence-electron chi connectivity index (χ1n) is 4.35. The second kappa shape index (κ2) is 4.67. The van der Waals surface area contributed by atoms with Gasteiger partial charge in [-0.15, -0.1) is 0 Å². The predicted molar refractivity (Wildman–Crippen MR) is 58.4 cm³/mol. The lowest BCUT2D eigenvalue weighted by Crippen LogP contribution is -2.46. The van der Waals surface area contributed by atoms with Crippen molar-refractivity contribution < 1.29 is 9.90 Å². The molecule has 1 aromatic rings. The summed E-state index contributed by atoms with van der Waals surface area (Å²) >= 11 is 3.18. The van der Waals surface area contributed by atoms with E-state index in [2.05, 4.69) is 31.2 Å². The van der Waals surface area contributed by atoms with Crippen molar-refractivity contribution in [3.05, 3.63) is 22.7 Å². The number of amides is 1. The summed E-state index contributed by atoms with van der Waals surface area (Å²) in [6.45, 7) is 3.31. The topological polar surface area (TPSA) is 75.1 Å². The second-order valence-electron chi connectivity index (χ2n) is 3.72. The number of hydrogen-bond donors (Lipinski definition) is 2. The van der Waals surface area contributed by atoms with Crippen molar-refractivity contribution in [3.8, 4) is 0 Å². The number of nitrogens with one attached hydrogen (secondary N) is 1. The fourth-order valence-corrected chi connectivity index (χ4v) is 1.29. The number of aliphatic hydroxyl groups excluding tert-OH is 1. The van der Waals surface area contributed by atoms with Gasteiger partial charge < -0.3 is 10.4 Å². The summed E-state index contributed by atoms with van der Waals surface area (Å²) in [7, 11) is 0. The van der Waals surface area contributed by atoms with E-state index in [9.17, 15) is 4.79 Å². The zero-order valence-corrected chi connectivity index (χ0v) is 10.1. The predicted octanol–water partition coefficient (Wildman–Crippen LogP) is 0.740. The summed E-state index contributed by atoms with van der Waals surface area (Å²) in [5, 5.41) is 11.7. The van der Waals surface area contributed by atoms with Crippen LogP contribution in [0.2, 0.25) is 0 Å². The van der Waals surface area contributed by atoms with Crippen LogP contribution in [-0.4, -0.2) is 33.1 Å². The maximum atomic E-state index is 11.7. The van der Waals surface area contributed by atoms with E-state index in [0.29, 0.717) is 4.47 Å². The van der Waals surface area contributed by atoms with E-state index < -0.39 is 5.54 Å². The van der Waals surface area contributed by atoms with Crippen molar-refractivity contribution in [2.24, 2.45) is 0 Å². The molecule has 15 heavy (non-hydrogen) atoms. The average molecular weight is 274 g/mol. The highest BCUT2D eigenvalue weighted by atomic mass is 79.9. The minimum Gasteiger partial charge on any atom is -0.394 e. The third-order valence-electron chi connectivity index (χ3n) is 1.73. The summed E-state index contributed by atoms with van der Waals surface area (Å²) < 4.78 is 0.524. The molecule has 0 aromatic carbocycles. The van der Waals surface area contributed by atoms with E-state index in [1.807, 2.05) is 0 Å². The second-order valence-corrected chi connectivity index (χ2v) is 4.57. The Balaban J connectivity index is 2.83. The van der Waals surface area contributed by atoms with Crippen LogP contribution in [0, 0.1) is 0 Å². The van der Waals surface area contributed by atoms with Gasteiger partial charge in [-0.2, -0.15) is 0 Å². The summed E-state index contributed by atoms with van der Waals surface area (Å²) in [6.07, 6.45) is 2.79. The van der Waals surface area contributed by atoms with Crippen LogP contribution in [0.3, 0.4) is 0 Å². The number of hydrogen-bond acceptors (Lipinski definition) is 4. The molecule has 82 valence electrons. The molecule has 0 unspecified atom stereocenters. The van der Waals surface area contributed by atoms with Crippen molar-refractivity contribution in [1.82, 2.24) is 15.3 Å². The van der Waals surface area contributed by atoms with E-state index >= 15 is 0 Å². The third kappa shape index (κ3) is 3.24. The van der Waals surface area contributed by atoms with Gasteiger partial charge in [-0.25, -0.2) is 9.97 Å². The molecule has 0 radical (unpaired) electrons. The van der Waals surface area contributed by atoms with Crippen LogP contribution in [0.25, 0.3) is 0 Å². The molecule has 0 aliphatic rings. The third-order valence-corrected chi connectivity index (χ3v) is 2.31. The van der Waals surface area contributed by atoms with Gasteiger partial charge in [0.15, 0.2) is 0 Å². The Labute approximate surface area is 96.1 Å². The molecule has 0 aliphatic carbocycles. The van der Waals surface area contributed by atoms with Gasteiger partial charge in [0, 0.05) is 6.20 Å². The fourth-order valence-electron chi connectivity index (χ4n) is 0.886. The van der Waals surface area contributed by atoms with E-state index in [0.717, 1.165) is 0 Å². The van der Waals surface area contributed by atoms with Gasteiger partial charge in [0.05, 0.1) is 16.6 Å². The first-order chi connectivity index (χ1) is 6.96. The molecule has 5 nitrogen and oxygen atoms in total. The Morgan fingerprint density at radius 1 is 1.67 bits per heavy atom. The number of carbonyl (C=O) groups excluding carboxylic acids is 1. The first-order valence-corrected chi connectivity index (χ1v) is 5.14. The van der Waals surface area contributed by atoms with E-state index in [4.69, 9.17) is 5.11 Å². The van der Waals surface area contributed by atoms with Crippen LogP contribution in [0.5, 0.6) is 0 Å². The van der Waals surface area contributed by atoms with Gasteiger partial charge in [0.25, 0.3) is 5.91 Å². The zero-order valence-electron chi connectivity index (χ0n) is 8.49. The molecule has 1 amide bonds. The molecule has 2 N–H and O–H groups in total. The Morgan fingerprint density at radius 3 is 2.87 bits per heavy atom. The van der Waals surface area contributed by atoms with Crippen LogP contribution < -0.4 is 5.32 Å².